The summed E-state index contributed by atoms with van der Waals surface area (Å²) >= 11 is 0. The Morgan fingerprint density at radius 1 is 1.08 bits per heavy atom. The van der Waals surface area contributed by atoms with Gasteiger partial charge >= 0.3 is 11.9 Å². The number of aliphatic hydroxyl groups is 1. The Labute approximate surface area is 224 Å². The predicted molar refractivity (Wildman–Crippen MR) is 140 cm³/mol. The van der Waals surface area contributed by atoms with Crippen LogP contribution in [0.5, 0.6) is 11.5 Å². The molecule has 0 bridgehead atoms. The molecule has 3 aromatic rings. The average molecular weight is 539 g/mol. The first kappa shape index (κ1) is 27.6. The second-order valence-electron chi connectivity index (χ2n) is 8.97. The van der Waals surface area contributed by atoms with Gasteiger partial charge < -0.3 is 34.1 Å². The molecule has 206 valence electrons. The Morgan fingerprint density at radius 2 is 1.82 bits per heavy atom. The highest BCUT2D eigenvalue weighted by Gasteiger charge is 2.33. The molecule has 1 fully saturated rings. The number of nitrogens with zero attached hydrogens (tertiary/aromatic N) is 4. The Balaban J connectivity index is 1.51. The van der Waals surface area contributed by atoms with Crippen molar-refractivity contribution in [1.82, 2.24) is 15.1 Å². The summed E-state index contributed by atoms with van der Waals surface area (Å²) in [6.07, 6.45) is -1.05. The van der Waals surface area contributed by atoms with Crippen molar-refractivity contribution in [3.05, 3.63) is 66.1 Å². The number of aliphatic hydroxyl groups excluding tert-OH is 1. The molecule has 3 N–H and O–H groups in total. The predicted octanol–water partition coefficient (Wildman–Crippen LogP) is 2.28. The zero-order chi connectivity index (χ0) is 27.9. The summed E-state index contributed by atoms with van der Waals surface area (Å²) in [4.78, 5) is 27.6. The van der Waals surface area contributed by atoms with E-state index in [1.165, 1.54) is 0 Å². The highest BCUT2D eigenvalue weighted by Crippen LogP contribution is 2.30. The van der Waals surface area contributed by atoms with Gasteiger partial charge in [-0.05, 0) is 30.3 Å². The fraction of sp³-hybridized carbons (Fsp3) is 0.333. The molecule has 0 aliphatic carbocycles. The molecule has 39 heavy (non-hydrogen) atoms. The van der Waals surface area contributed by atoms with Crippen molar-refractivity contribution in [3.63, 3.8) is 0 Å². The number of hydrogen-bond donors (Lipinski definition) is 3. The first-order chi connectivity index (χ1) is 18.7. The van der Waals surface area contributed by atoms with Gasteiger partial charge in [0.15, 0.2) is 0 Å². The van der Waals surface area contributed by atoms with E-state index in [1.807, 2.05) is 29.2 Å². The van der Waals surface area contributed by atoms with Crippen LogP contribution in [0.3, 0.4) is 0 Å². The van der Waals surface area contributed by atoms with Gasteiger partial charge in [0.1, 0.15) is 11.5 Å². The van der Waals surface area contributed by atoms with Gasteiger partial charge in [0.2, 0.25) is 18.1 Å². The normalized spacial score (nSPS) is 16.0. The van der Waals surface area contributed by atoms with E-state index in [0.29, 0.717) is 43.7 Å². The van der Waals surface area contributed by atoms with Crippen LogP contribution in [0.25, 0.3) is 11.5 Å². The smallest absolute Gasteiger partial charge is 0.332 e. The minimum atomic E-state index is -1.65. The summed E-state index contributed by atoms with van der Waals surface area (Å²) < 4.78 is 16.6. The molecule has 0 saturated carbocycles. The van der Waals surface area contributed by atoms with Crippen LogP contribution in [0.2, 0.25) is 0 Å². The van der Waals surface area contributed by atoms with Crippen molar-refractivity contribution in [2.24, 2.45) is 5.92 Å². The van der Waals surface area contributed by atoms with E-state index in [4.69, 9.17) is 13.9 Å². The molecule has 4 rings (SSSR count). The number of rotatable bonds is 11. The highest BCUT2D eigenvalue weighted by molar-refractivity contribution is 5.95. The second kappa shape index (κ2) is 12.4. The van der Waals surface area contributed by atoms with Crippen molar-refractivity contribution < 1.29 is 38.8 Å². The van der Waals surface area contributed by atoms with E-state index in [9.17, 15) is 24.9 Å². The third-order valence-corrected chi connectivity index (χ3v) is 6.39. The van der Waals surface area contributed by atoms with E-state index in [1.54, 1.807) is 38.3 Å². The topological polar surface area (TPSA) is 159 Å². The molecule has 2 heterocycles. The monoisotopic (exact) mass is 538 g/mol. The van der Waals surface area contributed by atoms with Gasteiger partial charge in [-0.25, -0.2) is 9.59 Å². The molecule has 1 aliphatic heterocycles. The number of aromatic nitrogens is 2. The molecule has 12 heteroatoms. The lowest BCUT2D eigenvalue weighted by atomic mass is 9.96. The molecular formula is C27H30N4O8. The summed E-state index contributed by atoms with van der Waals surface area (Å²) in [7, 11) is 1.61. The molecule has 2 aromatic carbocycles. The lowest BCUT2D eigenvalue weighted by molar-refractivity contribution is -0.137. The maximum absolute atomic E-state index is 12.1. The summed E-state index contributed by atoms with van der Waals surface area (Å²) in [6.45, 7) is 4.07. The van der Waals surface area contributed by atoms with Gasteiger partial charge in [0.05, 0.1) is 24.3 Å². The van der Waals surface area contributed by atoms with E-state index in [2.05, 4.69) is 15.1 Å². The average Bonchev–Trinajstić information content (AvgIpc) is 3.37. The number of methoxy groups -OCH3 is 1. The first-order valence-corrected chi connectivity index (χ1v) is 12.3. The van der Waals surface area contributed by atoms with Gasteiger partial charge in [-0.3, -0.25) is 4.90 Å². The third-order valence-electron chi connectivity index (χ3n) is 6.39. The van der Waals surface area contributed by atoms with E-state index in [-0.39, 0.29) is 18.2 Å². The van der Waals surface area contributed by atoms with Crippen LogP contribution in [0, 0.1) is 12.8 Å². The number of piperazine rings is 1. The number of aryl methyl sites for hydroxylation is 1. The molecule has 1 aromatic heterocycles. The molecule has 12 nitrogen and oxygen atoms in total. The van der Waals surface area contributed by atoms with Crippen LogP contribution in [0.4, 0.5) is 5.69 Å². The van der Waals surface area contributed by atoms with Crippen LogP contribution in [0.15, 0.2) is 64.6 Å². The van der Waals surface area contributed by atoms with Crippen molar-refractivity contribution in [2.75, 3.05) is 44.7 Å². The number of carboxylic acids is 2. The van der Waals surface area contributed by atoms with E-state index < -0.39 is 29.7 Å². The number of benzene rings is 2. The molecule has 0 radical (unpaired) electrons. The molecule has 1 saturated heterocycles. The maximum atomic E-state index is 12.1. The quantitative estimate of drug-likeness (QED) is 0.242. The van der Waals surface area contributed by atoms with Gasteiger partial charge in [-0.2, -0.15) is 0 Å². The summed E-state index contributed by atoms with van der Waals surface area (Å²) in [5.74, 6) is -2.43. The van der Waals surface area contributed by atoms with Crippen molar-refractivity contribution in [2.45, 2.75) is 13.2 Å². The van der Waals surface area contributed by atoms with Crippen molar-refractivity contribution in [1.29, 1.82) is 0 Å². The van der Waals surface area contributed by atoms with Crippen LogP contribution in [0.1, 0.15) is 5.89 Å². The SMILES string of the molecule is COc1ccccc1N1CCN(CC(/C(=C/C(=O)O)C(=O)O)C(O)Oc2cccc(-c3nnc(C)o3)c2)CC1. The van der Waals surface area contributed by atoms with Gasteiger partial charge in [-0.15, -0.1) is 10.2 Å². The number of aliphatic carboxylic acids is 2. The summed E-state index contributed by atoms with van der Waals surface area (Å²) in [6, 6.07) is 14.2. The summed E-state index contributed by atoms with van der Waals surface area (Å²) in [5.41, 5.74) is 1.03. The van der Waals surface area contributed by atoms with Crippen LogP contribution in [-0.4, -0.2) is 88.5 Å². The molecule has 0 amide bonds. The third kappa shape index (κ3) is 6.92. The lowest BCUT2D eigenvalue weighted by Crippen LogP contribution is -2.50. The standard InChI is InChI=1S/C27H30N4O8/c1-17-28-29-25(38-17)18-6-5-7-19(14-18)39-27(36)21(20(26(34)35)15-24(32)33)16-30-10-12-31(13-11-30)22-8-3-4-9-23(22)37-2/h3-9,14-15,21,27,36H,10-13,16H2,1-2H3,(H,32,33)(H,34,35)/b20-15-. The number of anilines is 1. The lowest BCUT2D eigenvalue weighted by Gasteiger charge is -2.38. The van der Waals surface area contributed by atoms with E-state index in [0.717, 1.165) is 11.4 Å². The largest absolute Gasteiger partial charge is 0.495 e. The number of hydrogen-bond acceptors (Lipinski definition) is 10. The zero-order valence-electron chi connectivity index (χ0n) is 21.6. The van der Waals surface area contributed by atoms with E-state index >= 15 is 0 Å². The Kier molecular flexibility index (Phi) is 8.79. The fourth-order valence-corrected chi connectivity index (χ4v) is 4.48. The van der Waals surface area contributed by atoms with Crippen LogP contribution >= 0.6 is 0 Å². The maximum Gasteiger partial charge on any atom is 0.332 e. The Morgan fingerprint density at radius 3 is 2.46 bits per heavy atom. The first-order valence-electron chi connectivity index (χ1n) is 12.3. The molecule has 1 aliphatic rings. The number of carboxylic acid groups (broad SMARTS) is 2. The van der Waals surface area contributed by atoms with Gasteiger partial charge in [0.25, 0.3) is 0 Å². The number of ether oxygens (including phenoxy) is 2. The summed E-state index contributed by atoms with van der Waals surface area (Å²) in [5, 5.41) is 38.0. The van der Waals surface area contributed by atoms with Crippen molar-refractivity contribution >= 4 is 17.6 Å². The van der Waals surface area contributed by atoms with Crippen molar-refractivity contribution in [3.8, 4) is 23.0 Å². The molecule has 0 spiro atoms. The minimum absolute atomic E-state index is 0.0644. The van der Waals surface area contributed by atoms with Gasteiger partial charge in [-0.1, -0.05) is 18.2 Å². The number of para-hydroxylation sites is 2. The molecular weight excluding hydrogens is 508 g/mol. The van der Waals surface area contributed by atoms with Crippen LogP contribution in [-0.2, 0) is 9.59 Å². The Hall–Kier alpha value is -4.42. The Bertz CT molecular complexity index is 1330. The second-order valence-corrected chi connectivity index (χ2v) is 8.97. The molecule has 2 atom stereocenters. The number of carbonyl (C=O) groups is 2. The fourth-order valence-electron chi connectivity index (χ4n) is 4.48. The van der Waals surface area contributed by atoms with Gasteiger partial charge in [0, 0.05) is 51.3 Å². The highest BCUT2D eigenvalue weighted by atomic mass is 16.6. The van der Waals surface area contributed by atoms with Crippen LogP contribution < -0.4 is 14.4 Å². The minimum Gasteiger partial charge on any atom is -0.495 e. The zero-order valence-corrected chi connectivity index (χ0v) is 21.6. The molecule has 2 unspecified atom stereocenters.